The first-order valence-corrected chi connectivity index (χ1v) is 9.13. The van der Waals surface area contributed by atoms with Gasteiger partial charge < -0.3 is 15.2 Å². The van der Waals surface area contributed by atoms with Gasteiger partial charge in [0.1, 0.15) is 5.69 Å². The molecule has 9 nitrogen and oxygen atoms in total. The van der Waals surface area contributed by atoms with Crippen molar-refractivity contribution >= 4 is 39.5 Å². The third-order valence-electron chi connectivity index (χ3n) is 4.55. The maximum atomic E-state index is 12.5. The van der Waals surface area contributed by atoms with Crippen molar-refractivity contribution in [2.24, 2.45) is 0 Å². The number of aromatic amines is 1. The third-order valence-corrected chi connectivity index (χ3v) is 5.57. The van der Waals surface area contributed by atoms with Crippen molar-refractivity contribution in [3.63, 3.8) is 0 Å². The smallest absolute Gasteiger partial charge is 0.293 e. The molecule has 27 heavy (non-hydrogen) atoms. The van der Waals surface area contributed by atoms with Crippen LogP contribution in [-0.2, 0) is 17.8 Å². The summed E-state index contributed by atoms with van der Waals surface area (Å²) in [7, 11) is 0. The number of aromatic nitrogens is 2. The van der Waals surface area contributed by atoms with Gasteiger partial charge in [0.05, 0.1) is 28.7 Å². The number of carbonyl (C=O) groups excluding carboxylic acids is 1. The lowest BCUT2D eigenvalue weighted by Gasteiger charge is -2.27. The van der Waals surface area contributed by atoms with Crippen LogP contribution in [0, 0.1) is 10.1 Å². The molecule has 0 saturated carbocycles. The molecule has 0 saturated heterocycles. The molecule has 2 N–H and O–H groups in total. The third kappa shape index (κ3) is 3.26. The Morgan fingerprint density at radius 1 is 1.44 bits per heavy atom. The van der Waals surface area contributed by atoms with Crippen LogP contribution in [0.15, 0.2) is 34.7 Å². The molecule has 2 aromatic heterocycles. The summed E-state index contributed by atoms with van der Waals surface area (Å²) < 4.78 is 0. The molecule has 0 radical (unpaired) electrons. The Morgan fingerprint density at radius 3 is 3.11 bits per heavy atom. The number of nitrogens with zero attached hydrogens (tertiary/aromatic N) is 3. The minimum absolute atomic E-state index is 0.0744. The zero-order chi connectivity index (χ0) is 19.0. The fraction of sp³-hybridized carbons (Fsp3) is 0.235. The number of benzene rings is 1. The number of H-pyrrole nitrogens is 1. The Balaban J connectivity index is 1.55. The molecule has 1 aliphatic rings. The number of nitro groups is 1. The maximum Gasteiger partial charge on any atom is 0.293 e. The van der Waals surface area contributed by atoms with E-state index < -0.39 is 10.5 Å². The zero-order valence-electron chi connectivity index (χ0n) is 14.1. The second-order valence-corrected chi connectivity index (χ2v) is 7.16. The summed E-state index contributed by atoms with van der Waals surface area (Å²) in [5.41, 5.74) is 0.908. The van der Waals surface area contributed by atoms with Crippen LogP contribution < -0.4 is 10.9 Å². The van der Waals surface area contributed by atoms with Gasteiger partial charge in [0.15, 0.2) is 0 Å². The van der Waals surface area contributed by atoms with E-state index in [1.54, 1.807) is 16.2 Å². The molecule has 1 aliphatic heterocycles. The maximum absolute atomic E-state index is 12.5. The van der Waals surface area contributed by atoms with E-state index in [-0.39, 0.29) is 29.2 Å². The standard InChI is InChI=1S/C17H15N5O4S/c23-16(21-3-1-15-10(8-21)2-4-27-15)7-18-13-6-12-11(5-14(13)22(25)26)17(24)20-9-19-12/h2,4-6,9,18H,1,3,7-8H2,(H,19,20,24). The lowest BCUT2D eigenvalue weighted by atomic mass is 10.1. The van der Waals surface area contributed by atoms with Crippen LogP contribution in [0.2, 0.25) is 0 Å². The largest absolute Gasteiger partial charge is 0.370 e. The number of carbonyl (C=O) groups is 1. The predicted molar refractivity (Wildman–Crippen MR) is 101 cm³/mol. The molecule has 4 rings (SSSR count). The summed E-state index contributed by atoms with van der Waals surface area (Å²) in [6.07, 6.45) is 2.05. The van der Waals surface area contributed by atoms with Crippen LogP contribution in [-0.4, -0.2) is 38.8 Å². The molecule has 0 unspecified atom stereocenters. The summed E-state index contributed by atoms with van der Waals surface area (Å²) in [5, 5.41) is 16.4. The predicted octanol–water partition coefficient (Wildman–Crippen LogP) is 1.89. The molecule has 0 atom stereocenters. The summed E-state index contributed by atoms with van der Waals surface area (Å²) in [5.74, 6) is -0.139. The molecule has 3 aromatic rings. The first kappa shape index (κ1) is 17.2. The summed E-state index contributed by atoms with van der Waals surface area (Å²) in [6.45, 7) is 1.11. The Bertz CT molecular complexity index is 1110. The first-order valence-electron chi connectivity index (χ1n) is 8.25. The quantitative estimate of drug-likeness (QED) is 0.522. The number of hydrogen-bond donors (Lipinski definition) is 2. The van der Waals surface area contributed by atoms with Crippen molar-refractivity contribution in [2.75, 3.05) is 18.4 Å². The van der Waals surface area contributed by atoms with Crippen LogP contribution in [0.25, 0.3) is 10.9 Å². The Kier molecular flexibility index (Phi) is 4.32. The van der Waals surface area contributed by atoms with Crippen molar-refractivity contribution in [1.82, 2.24) is 14.9 Å². The van der Waals surface area contributed by atoms with Crippen LogP contribution >= 0.6 is 11.3 Å². The summed E-state index contributed by atoms with van der Waals surface area (Å²) in [6, 6.07) is 4.61. The van der Waals surface area contributed by atoms with Gasteiger partial charge in [-0.25, -0.2) is 4.98 Å². The van der Waals surface area contributed by atoms with Crippen molar-refractivity contribution < 1.29 is 9.72 Å². The van der Waals surface area contributed by atoms with E-state index in [0.717, 1.165) is 12.0 Å². The molecular formula is C17H15N5O4S. The number of nitro benzene ring substituents is 1. The number of fused-ring (bicyclic) bond motifs is 2. The average Bonchev–Trinajstić information content (AvgIpc) is 3.13. The number of nitrogens with one attached hydrogen (secondary N) is 2. The van der Waals surface area contributed by atoms with Gasteiger partial charge in [0, 0.05) is 24.0 Å². The second kappa shape index (κ2) is 6.80. The molecule has 0 bridgehead atoms. The van der Waals surface area contributed by atoms with Crippen LogP contribution in [0.3, 0.4) is 0 Å². The highest BCUT2D eigenvalue weighted by Gasteiger charge is 2.23. The number of amides is 1. The van der Waals surface area contributed by atoms with Gasteiger partial charge in [0.25, 0.3) is 11.2 Å². The van der Waals surface area contributed by atoms with Gasteiger partial charge in [-0.3, -0.25) is 19.7 Å². The molecule has 0 fully saturated rings. The molecular weight excluding hydrogens is 370 g/mol. The Morgan fingerprint density at radius 2 is 2.30 bits per heavy atom. The lowest BCUT2D eigenvalue weighted by Crippen LogP contribution is -2.38. The Labute approximate surface area is 156 Å². The molecule has 3 heterocycles. The number of thiophene rings is 1. The van der Waals surface area contributed by atoms with E-state index in [0.29, 0.717) is 18.6 Å². The van der Waals surface area contributed by atoms with Gasteiger partial charge in [-0.15, -0.1) is 11.3 Å². The topological polar surface area (TPSA) is 121 Å². The molecule has 138 valence electrons. The van der Waals surface area contributed by atoms with Crippen molar-refractivity contribution in [3.05, 3.63) is 60.8 Å². The first-order chi connectivity index (χ1) is 13.0. The molecule has 1 aromatic carbocycles. The van der Waals surface area contributed by atoms with E-state index in [1.165, 1.54) is 23.3 Å². The average molecular weight is 385 g/mol. The zero-order valence-corrected chi connectivity index (χ0v) is 14.9. The van der Waals surface area contributed by atoms with Crippen molar-refractivity contribution in [3.8, 4) is 0 Å². The summed E-state index contributed by atoms with van der Waals surface area (Å²) in [4.78, 5) is 44.6. The van der Waals surface area contributed by atoms with Crippen LogP contribution in [0.1, 0.15) is 10.4 Å². The number of hydrogen-bond acceptors (Lipinski definition) is 7. The van der Waals surface area contributed by atoms with E-state index in [4.69, 9.17) is 0 Å². The van der Waals surface area contributed by atoms with Crippen molar-refractivity contribution in [1.29, 1.82) is 0 Å². The lowest BCUT2D eigenvalue weighted by molar-refractivity contribution is -0.383. The SMILES string of the molecule is O=C(CNc1cc2nc[nH]c(=O)c2cc1[N+](=O)[O-])N1CCc2sccc2C1. The molecule has 1 amide bonds. The normalized spacial score (nSPS) is 13.4. The van der Waals surface area contributed by atoms with Crippen LogP contribution in [0.5, 0.6) is 0 Å². The van der Waals surface area contributed by atoms with Gasteiger partial charge >= 0.3 is 0 Å². The van der Waals surface area contributed by atoms with Crippen LogP contribution in [0.4, 0.5) is 11.4 Å². The molecule has 0 aliphatic carbocycles. The van der Waals surface area contributed by atoms with E-state index >= 15 is 0 Å². The summed E-state index contributed by atoms with van der Waals surface area (Å²) >= 11 is 1.69. The highest BCUT2D eigenvalue weighted by atomic mass is 32.1. The van der Waals surface area contributed by atoms with Gasteiger partial charge in [-0.2, -0.15) is 0 Å². The highest BCUT2D eigenvalue weighted by molar-refractivity contribution is 7.10. The minimum atomic E-state index is -0.586. The van der Waals surface area contributed by atoms with Gasteiger partial charge in [-0.1, -0.05) is 0 Å². The molecule has 10 heteroatoms. The van der Waals surface area contributed by atoms with E-state index in [9.17, 15) is 19.7 Å². The number of anilines is 1. The van der Waals surface area contributed by atoms with E-state index in [2.05, 4.69) is 15.3 Å². The monoisotopic (exact) mass is 385 g/mol. The van der Waals surface area contributed by atoms with E-state index in [1.807, 2.05) is 11.4 Å². The fourth-order valence-electron chi connectivity index (χ4n) is 3.14. The number of rotatable bonds is 4. The second-order valence-electron chi connectivity index (χ2n) is 6.16. The van der Waals surface area contributed by atoms with Gasteiger partial charge in [-0.05, 0) is 29.5 Å². The molecule has 0 spiro atoms. The Hall–Kier alpha value is -3.27. The highest BCUT2D eigenvalue weighted by Crippen LogP contribution is 2.28. The van der Waals surface area contributed by atoms with Gasteiger partial charge in [0.2, 0.25) is 5.91 Å². The fourth-order valence-corrected chi connectivity index (χ4v) is 4.03. The van der Waals surface area contributed by atoms with Crippen molar-refractivity contribution in [2.45, 2.75) is 13.0 Å². The minimum Gasteiger partial charge on any atom is -0.370 e.